The summed E-state index contributed by atoms with van der Waals surface area (Å²) in [5.41, 5.74) is 2.18. The summed E-state index contributed by atoms with van der Waals surface area (Å²) in [6.45, 7) is 7.91. The Morgan fingerprint density at radius 1 is 1.26 bits per heavy atom. The van der Waals surface area contributed by atoms with Crippen molar-refractivity contribution in [2.75, 3.05) is 23.3 Å². The molecular weight excluding hydrogens is 445 g/mol. The molecule has 0 saturated carbocycles. The van der Waals surface area contributed by atoms with E-state index < -0.39 is 11.9 Å². The van der Waals surface area contributed by atoms with Gasteiger partial charge < -0.3 is 25.5 Å². The number of nitrogens with zero attached hydrogens (tertiary/aromatic N) is 5. The summed E-state index contributed by atoms with van der Waals surface area (Å²) in [4.78, 5) is 15.1. The van der Waals surface area contributed by atoms with Crippen molar-refractivity contribution >= 4 is 29.0 Å². The molecule has 1 atom stereocenters. The van der Waals surface area contributed by atoms with Crippen molar-refractivity contribution in [3.63, 3.8) is 0 Å². The molecule has 3 N–H and O–H groups in total. The minimum absolute atomic E-state index is 0.282. The quantitative estimate of drug-likeness (QED) is 0.422. The Hall–Kier alpha value is -3.63. The second-order valence-corrected chi connectivity index (χ2v) is 8.57. The highest BCUT2D eigenvalue weighted by Gasteiger charge is 2.32. The van der Waals surface area contributed by atoms with Gasteiger partial charge >= 0.3 is 6.18 Å². The van der Waals surface area contributed by atoms with Gasteiger partial charge in [0.2, 0.25) is 5.95 Å². The summed E-state index contributed by atoms with van der Waals surface area (Å²) in [5, 5.41) is 13.9. The molecule has 3 aromatic rings. The van der Waals surface area contributed by atoms with Gasteiger partial charge in [0.25, 0.3) is 0 Å². The number of pyridine rings is 1. The van der Waals surface area contributed by atoms with Crippen molar-refractivity contribution in [2.45, 2.75) is 45.6 Å². The lowest BCUT2D eigenvalue weighted by atomic mass is 10.2. The van der Waals surface area contributed by atoms with Gasteiger partial charge in [-0.3, -0.25) is 4.98 Å². The van der Waals surface area contributed by atoms with Crippen molar-refractivity contribution < 1.29 is 13.2 Å². The molecule has 0 bridgehead atoms. The van der Waals surface area contributed by atoms with E-state index >= 15 is 0 Å². The molecule has 8 nitrogen and oxygen atoms in total. The molecule has 1 aliphatic heterocycles. The summed E-state index contributed by atoms with van der Waals surface area (Å²) in [6.07, 6.45) is 1.61. The number of rotatable bonds is 8. The van der Waals surface area contributed by atoms with E-state index in [1.54, 1.807) is 6.20 Å². The van der Waals surface area contributed by atoms with Crippen LogP contribution < -0.4 is 15.5 Å². The number of alkyl halides is 3. The van der Waals surface area contributed by atoms with Crippen molar-refractivity contribution in [3.05, 3.63) is 53.6 Å². The lowest BCUT2D eigenvalue weighted by Crippen LogP contribution is -2.39. The second kappa shape index (κ2) is 9.32. The first kappa shape index (κ1) is 23.5. The van der Waals surface area contributed by atoms with E-state index in [0.29, 0.717) is 29.7 Å². The van der Waals surface area contributed by atoms with Crippen molar-refractivity contribution in [2.24, 2.45) is 0 Å². The maximum absolute atomic E-state index is 12.6. The molecule has 180 valence electrons. The molecule has 11 heteroatoms. The predicted molar refractivity (Wildman–Crippen MR) is 126 cm³/mol. The molecule has 0 saturated heterocycles. The van der Waals surface area contributed by atoms with Gasteiger partial charge in [-0.2, -0.15) is 18.2 Å². The van der Waals surface area contributed by atoms with Crippen LogP contribution in [0, 0.1) is 5.41 Å². The number of halogens is 3. The van der Waals surface area contributed by atoms with E-state index in [1.807, 2.05) is 12.3 Å². The van der Waals surface area contributed by atoms with Crippen LogP contribution in [0.3, 0.4) is 0 Å². The van der Waals surface area contributed by atoms with Crippen molar-refractivity contribution in [3.8, 4) is 0 Å². The number of nitrogens with one attached hydrogen (secondary N) is 3. The van der Waals surface area contributed by atoms with E-state index in [-0.39, 0.29) is 12.6 Å². The number of hydrogen-bond donors (Lipinski definition) is 3. The van der Waals surface area contributed by atoms with E-state index in [1.165, 1.54) is 18.5 Å². The van der Waals surface area contributed by atoms with Crippen LogP contribution in [-0.4, -0.2) is 44.9 Å². The summed E-state index contributed by atoms with van der Waals surface area (Å²) in [5.74, 6) is 1.36. The average Bonchev–Trinajstić information content (AvgIpc) is 3.23. The Bertz CT molecular complexity index is 1200. The SMILES string of the molecule is CC(C)N1C[C@H](C)n2ccc3nc(NC/C(C=N)=C/NCc4ccc(C(F)(F)F)nc4)nc1c32. The molecule has 0 unspecified atom stereocenters. The first-order valence-electron chi connectivity index (χ1n) is 11.0. The molecule has 0 radical (unpaired) electrons. The lowest BCUT2D eigenvalue weighted by Gasteiger charge is -2.36. The summed E-state index contributed by atoms with van der Waals surface area (Å²) < 4.78 is 40.1. The molecule has 34 heavy (non-hydrogen) atoms. The highest BCUT2D eigenvalue weighted by molar-refractivity contribution is 5.89. The van der Waals surface area contributed by atoms with Gasteiger partial charge in [-0.05, 0) is 38.5 Å². The Kier molecular flexibility index (Phi) is 6.45. The summed E-state index contributed by atoms with van der Waals surface area (Å²) in [6, 6.07) is 4.93. The van der Waals surface area contributed by atoms with Gasteiger partial charge in [0.15, 0.2) is 5.82 Å². The van der Waals surface area contributed by atoms with Gasteiger partial charge in [0.1, 0.15) is 11.2 Å². The van der Waals surface area contributed by atoms with Crippen LogP contribution in [0.2, 0.25) is 0 Å². The molecule has 4 rings (SSSR count). The van der Waals surface area contributed by atoms with Crippen LogP contribution in [-0.2, 0) is 12.7 Å². The fourth-order valence-corrected chi connectivity index (χ4v) is 3.93. The van der Waals surface area contributed by atoms with Crippen molar-refractivity contribution in [1.82, 2.24) is 24.8 Å². The van der Waals surface area contributed by atoms with Crippen LogP contribution in [0.4, 0.5) is 24.9 Å². The fourth-order valence-electron chi connectivity index (χ4n) is 3.93. The van der Waals surface area contributed by atoms with Crippen LogP contribution in [0.1, 0.15) is 38.1 Å². The zero-order valence-corrected chi connectivity index (χ0v) is 19.2. The molecule has 0 fully saturated rings. The number of anilines is 2. The van der Waals surface area contributed by atoms with E-state index in [0.717, 1.165) is 29.5 Å². The molecule has 0 aromatic carbocycles. The zero-order chi connectivity index (χ0) is 24.5. The van der Waals surface area contributed by atoms with E-state index in [2.05, 4.69) is 50.8 Å². The molecule has 0 amide bonds. The van der Waals surface area contributed by atoms with Crippen LogP contribution in [0.5, 0.6) is 0 Å². The third-order valence-corrected chi connectivity index (χ3v) is 5.72. The van der Waals surface area contributed by atoms with Gasteiger partial charge in [0.05, 0.1) is 5.52 Å². The Morgan fingerprint density at radius 3 is 2.71 bits per heavy atom. The van der Waals surface area contributed by atoms with Crippen LogP contribution >= 0.6 is 0 Å². The Labute approximate surface area is 195 Å². The number of hydrogen-bond acceptors (Lipinski definition) is 7. The number of aromatic nitrogens is 4. The van der Waals surface area contributed by atoms with Gasteiger partial charge in [-0.15, -0.1) is 0 Å². The van der Waals surface area contributed by atoms with Gasteiger partial charge in [-0.1, -0.05) is 6.07 Å². The highest BCUT2D eigenvalue weighted by atomic mass is 19.4. The topological polar surface area (TPSA) is 94.8 Å². The normalized spacial score (nSPS) is 16.3. The van der Waals surface area contributed by atoms with E-state index in [9.17, 15) is 13.2 Å². The molecule has 0 aliphatic carbocycles. The maximum Gasteiger partial charge on any atom is 0.433 e. The molecule has 3 aromatic heterocycles. The third-order valence-electron chi connectivity index (χ3n) is 5.72. The zero-order valence-electron chi connectivity index (χ0n) is 19.2. The van der Waals surface area contributed by atoms with Crippen LogP contribution in [0.25, 0.3) is 11.0 Å². The van der Waals surface area contributed by atoms with E-state index in [4.69, 9.17) is 10.4 Å². The minimum Gasteiger partial charge on any atom is -0.386 e. The second-order valence-electron chi connectivity index (χ2n) is 8.57. The molecule has 0 spiro atoms. The van der Waals surface area contributed by atoms with Gasteiger partial charge in [-0.25, -0.2) is 4.98 Å². The van der Waals surface area contributed by atoms with Gasteiger partial charge in [0, 0.05) is 62.1 Å². The minimum atomic E-state index is -4.46. The third kappa shape index (κ3) is 4.82. The average molecular weight is 473 g/mol. The summed E-state index contributed by atoms with van der Waals surface area (Å²) >= 11 is 0. The first-order valence-corrected chi connectivity index (χ1v) is 11.0. The smallest absolute Gasteiger partial charge is 0.386 e. The summed E-state index contributed by atoms with van der Waals surface area (Å²) in [7, 11) is 0. The fraction of sp³-hybridized carbons (Fsp3) is 0.391. The predicted octanol–water partition coefficient (Wildman–Crippen LogP) is 4.37. The largest absolute Gasteiger partial charge is 0.433 e. The van der Waals surface area contributed by atoms with Crippen LogP contribution in [0.15, 0.2) is 42.4 Å². The lowest BCUT2D eigenvalue weighted by molar-refractivity contribution is -0.141. The monoisotopic (exact) mass is 472 g/mol. The highest BCUT2D eigenvalue weighted by Crippen LogP contribution is 2.35. The Balaban J connectivity index is 1.43. The first-order chi connectivity index (χ1) is 16.2. The molecule has 1 aliphatic rings. The maximum atomic E-state index is 12.6. The molecule has 4 heterocycles. The Morgan fingerprint density at radius 2 is 2.06 bits per heavy atom. The standard InChI is InChI=1S/C23H27F3N8/c1-14(2)34-13-15(3)33-7-6-18-20(33)21(34)32-22(31-18)30-12-17(8-27)10-28-9-16-4-5-19(29-11-16)23(24,25)26/h4-8,10-11,14-15,27-28H,9,12-13H2,1-3H3,(H,30,31,32)/b17-10+,27-8?/t15-/m0/s1. The molecular formula is C23H27F3N8. The van der Waals surface area contributed by atoms with Crippen molar-refractivity contribution in [1.29, 1.82) is 5.41 Å².